The Morgan fingerprint density at radius 3 is 2.21 bits per heavy atom. The number of ether oxygens (including phenoxy) is 1. The summed E-state index contributed by atoms with van der Waals surface area (Å²) in [6, 6.07) is 17.8. The SMILES string of the molecule is C=O.COC(=O)c1csc(NC(=O)[C@H](Cc2ccccc2)N(C)C(=O)NCc2ccccc2)n1. The third kappa shape index (κ3) is 7.52. The highest BCUT2D eigenvalue weighted by atomic mass is 32.1. The zero-order valence-corrected chi connectivity index (χ0v) is 19.7. The summed E-state index contributed by atoms with van der Waals surface area (Å²) in [6.45, 7) is 2.35. The molecule has 3 amide bonds. The zero-order valence-electron chi connectivity index (χ0n) is 18.9. The molecule has 0 aliphatic heterocycles. The van der Waals surface area contributed by atoms with Crippen molar-refractivity contribution in [3.05, 3.63) is 82.9 Å². The van der Waals surface area contributed by atoms with E-state index < -0.39 is 17.9 Å². The number of aromatic nitrogens is 1. The molecule has 9 nitrogen and oxygen atoms in total. The number of benzene rings is 2. The Morgan fingerprint density at radius 1 is 1.03 bits per heavy atom. The van der Waals surface area contributed by atoms with Gasteiger partial charge in [-0.15, -0.1) is 11.3 Å². The van der Waals surface area contributed by atoms with Gasteiger partial charge in [-0.3, -0.25) is 4.79 Å². The summed E-state index contributed by atoms with van der Waals surface area (Å²) in [4.78, 5) is 51.0. The quantitative estimate of drug-likeness (QED) is 0.477. The van der Waals surface area contributed by atoms with Crippen LogP contribution in [0.4, 0.5) is 9.93 Å². The summed E-state index contributed by atoms with van der Waals surface area (Å²) >= 11 is 1.11. The molecule has 0 saturated heterocycles. The molecular formula is C24H26N4O5S. The van der Waals surface area contributed by atoms with Crippen LogP contribution in [0.5, 0.6) is 0 Å². The summed E-state index contributed by atoms with van der Waals surface area (Å²) in [5.74, 6) is -0.989. The van der Waals surface area contributed by atoms with E-state index in [1.165, 1.54) is 17.4 Å². The lowest BCUT2D eigenvalue weighted by Gasteiger charge is -2.27. The van der Waals surface area contributed by atoms with Gasteiger partial charge in [0.2, 0.25) is 5.91 Å². The second-order valence-corrected chi connectivity index (χ2v) is 7.84. The average Bonchev–Trinajstić information content (AvgIpc) is 3.35. The molecule has 0 bridgehead atoms. The molecule has 0 saturated carbocycles. The Balaban J connectivity index is 0.00000199. The summed E-state index contributed by atoms with van der Waals surface area (Å²) in [7, 11) is 2.84. The van der Waals surface area contributed by atoms with Crippen molar-refractivity contribution in [1.82, 2.24) is 15.2 Å². The standard InChI is InChI=1S/C23H24N4O4S.CH2O/c1-27(23(30)24-14-17-11-7-4-8-12-17)19(13-16-9-5-3-6-10-16)20(28)26-22-25-18(15-32-22)21(29)31-2;1-2/h3-12,15,19H,13-14H2,1-2H3,(H,24,30)(H,25,26,28);1H2/t19-;/m0./s1. The Hall–Kier alpha value is -4.05. The molecule has 0 radical (unpaired) electrons. The van der Waals surface area contributed by atoms with Gasteiger partial charge in [0.25, 0.3) is 0 Å². The number of hydrogen-bond donors (Lipinski definition) is 2. The van der Waals surface area contributed by atoms with Crippen LogP contribution in [0.3, 0.4) is 0 Å². The van der Waals surface area contributed by atoms with Crippen molar-refractivity contribution < 1.29 is 23.9 Å². The molecule has 1 heterocycles. The average molecular weight is 483 g/mol. The molecule has 2 N–H and O–H groups in total. The van der Waals surface area contributed by atoms with E-state index in [4.69, 9.17) is 4.79 Å². The molecule has 1 atom stereocenters. The van der Waals surface area contributed by atoms with Crippen molar-refractivity contribution in [1.29, 1.82) is 0 Å². The van der Waals surface area contributed by atoms with Gasteiger partial charge >= 0.3 is 12.0 Å². The maximum absolute atomic E-state index is 13.1. The van der Waals surface area contributed by atoms with Crippen LogP contribution in [-0.4, -0.2) is 54.8 Å². The first-order chi connectivity index (χ1) is 16.5. The first-order valence-corrected chi connectivity index (χ1v) is 11.1. The van der Waals surface area contributed by atoms with Gasteiger partial charge in [-0.1, -0.05) is 60.7 Å². The number of carbonyl (C=O) groups excluding carboxylic acids is 4. The minimum Gasteiger partial charge on any atom is -0.464 e. The topological polar surface area (TPSA) is 118 Å². The van der Waals surface area contributed by atoms with E-state index in [-0.39, 0.29) is 16.9 Å². The molecule has 0 aliphatic rings. The first kappa shape index (κ1) is 26.2. The highest BCUT2D eigenvalue weighted by Gasteiger charge is 2.28. The highest BCUT2D eigenvalue weighted by Crippen LogP contribution is 2.18. The minimum absolute atomic E-state index is 0.112. The Labute approximate surface area is 201 Å². The number of urea groups is 1. The highest BCUT2D eigenvalue weighted by molar-refractivity contribution is 7.14. The van der Waals surface area contributed by atoms with Gasteiger partial charge < -0.3 is 25.1 Å². The monoisotopic (exact) mass is 482 g/mol. The Kier molecular flexibility index (Phi) is 10.4. The first-order valence-electron chi connectivity index (χ1n) is 10.2. The lowest BCUT2D eigenvalue weighted by atomic mass is 10.0. The summed E-state index contributed by atoms with van der Waals surface area (Å²) in [5.41, 5.74) is 1.97. The Morgan fingerprint density at radius 2 is 1.62 bits per heavy atom. The predicted molar refractivity (Wildman–Crippen MR) is 130 cm³/mol. The molecule has 0 fully saturated rings. The number of amides is 3. The van der Waals surface area contributed by atoms with Crippen LogP contribution >= 0.6 is 11.3 Å². The predicted octanol–water partition coefficient (Wildman–Crippen LogP) is 3.14. The summed E-state index contributed by atoms with van der Waals surface area (Å²) in [5, 5.41) is 7.31. The number of methoxy groups -OCH3 is 1. The van der Waals surface area contributed by atoms with E-state index in [0.29, 0.717) is 13.0 Å². The van der Waals surface area contributed by atoms with Crippen LogP contribution < -0.4 is 10.6 Å². The molecule has 0 spiro atoms. The van der Waals surface area contributed by atoms with E-state index in [0.717, 1.165) is 22.5 Å². The normalized spacial score (nSPS) is 10.8. The van der Waals surface area contributed by atoms with Crippen LogP contribution in [0, 0.1) is 0 Å². The lowest BCUT2D eigenvalue weighted by Crippen LogP contribution is -2.50. The van der Waals surface area contributed by atoms with Crippen LogP contribution in [-0.2, 0) is 27.3 Å². The van der Waals surface area contributed by atoms with Crippen LogP contribution in [0.1, 0.15) is 21.6 Å². The number of rotatable bonds is 8. The summed E-state index contributed by atoms with van der Waals surface area (Å²) < 4.78 is 4.65. The maximum atomic E-state index is 13.1. The van der Waals surface area contributed by atoms with E-state index in [1.54, 1.807) is 7.05 Å². The van der Waals surface area contributed by atoms with Crippen molar-refractivity contribution in [3.8, 4) is 0 Å². The van der Waals surface area contributed by atoms with Crippen LogP contribution in [0.15, 0.2) is 66.0 Å². The molecule has 0 aliphatic carbocycles. The largest absolute Gasteiger partial charge is 0.464 e. The number of esters is 1. The number of nitrogens with one attached hydrogen (secondary N) is 2. The minimum atomic E-state index is -0.793. The van der Waals surface area contributed by atoms with Crippen molar-refractivity contribution in [2.75, 3.05) is 19.5 Å². The molecule has 2 aromatic carbocycles. The van der Waals surface area contributed by atoms with Gasteiger partial charge in [0.15, 0.2) is 10.8 Å². The van der Waals surface area contributed by atoms with Crippen LogP contribution in [0.25, 0.3) is 0 Å². The molecule has 0 unspecified atom stereocenters. The Bertz CT molecular complexity index is 1080. The summed E-state index contributed by atoms with van der Waals surface area (Å²) in [6.07, 6.45) is 0.317. The van der Waals surface area contributed by atoms with Crippen molar-refractivity contribution in [2.24, 2.45) is 0 Å². The second-order valence-electron chi connectivity index (χ2n) is 6.98. The van der Waals surface area contributed by atoms with Crippen molar-refractivity contribution >= 4 is 41.2 Å². The third-order valence-electron chi connectivity index (χ3n) is 4.78. The molecule has 34 heavy (non-hydrogen) atoms. The fraction of sp³-hybridized carbons (Fsp3) is 0.208. The van der Waals surface area contributed by atoms with Crippen LogP contribution in [0.2, 0.25) is 0 Å². The van der Waals surface area contributed by atoms with E-state index >= 15 is 0 Å². The van der Waals surface area contributed by atoms with Gasteiger partial charge in [0, 0.05) is 25.4 Å². The van der Waals surface area contributed by atoms with E-state index in [2.05, 4.69) is 20.4 Å². The van der Waals surface area contributed by atoms with Gasteiger partial charge in [0.1, 0.15) is 12.8 Å². The smallest absolute Gasteiger partial charge is 0.357 e. The number of thiazole rings is 1. The molecular weight excluding hydrogens is 456 g/mol. The molecule has 1 aromatic heterocycles. The molecule has 178 valence electrons. The maximum Gasteiger partial charge on any atom is 0.357 e. The van der Waals surface area contributed by atoms with Gasteiger partial charge in [-0.05, 0) is 11.1 Å². The number of carbonyl (C=O) groups is 4. The van der Waals surface area contributed by atoms with E-state index in [1.807, 2.05) is 67.5 Å². The number of anilines is 1. The van der Waals surface area contributed by atoms with Crippen molar-refractivity contribution in [2.45, 2.75) is 19.0 Å². The number of nitrogens with zero attached hydrogens (tertiary/aromatic N) is 2. The van der Waals surface area contributed by atoms with Crippen molar-refractivity contribution in [3.63, 3.8) is 0 Å². The molecule has 3 rings (SSSR count). The number of likely N-dealkylation sites (N-methyl/N-ethyl adjacent to an activating group) is 1. The van der Waals surface area contributed by atoms with E-state index in [9.17, 15) is 14.4 Å². The van der Waals surface area contributed by atoms with Gasteiger partial charge in [0.05, 0.1) is 7.11 Å². The zero-order chi connectivity index (χ0) is 24.9. The second kappa shape index (κ2) is 13.5. The molecule has 10 heteroatoms. The third-order valence-corrected chi connectivity index (χ3v) is 5.54. The van der Waals surface area contributed by atoms with Gasteiger partial charge in [-0.2, -0.15) is 0 Å². The molecule has 3 aromatic rings. The van der Waals surface area contributed by atoms with Gasteiger partial charge in [-0.25, -0.2) is 14.6 Å². The number of hydrogen-bond acceptors (Lipinski definition) is 7. The fourth-order valence-electron chi connectivity index (χ4n) is 3.00. The lowest BCUT2D eigenvalue weighted by molar-refractivity contribution is -0.120. The fourth-order valence-corrected chi connectivity index (χ4v) is 3.68.